The maximum atomic E-state index is 12.8. The third-order valence-electron chi connectivity index (χ3n) is 6.93. The highest BCUT2D eigenvalue weighted by molar-refractivity contribution is 5.79. The molecule has 0 amide bonds. The largest absolute Gasteiger partial charge is 0.462 e. The predicted molar refractivity (Wildman–Crippen MR) is 111 cm³/mol. The van der Waals surface area contributed by atoms with Crippen LogP contribution in [0.25, 0.3) is 0 Å². The minimum Gasteiger partial charge on any atom is -0.462 e. The summed E-state index contributed by atoms with van der Waals surface area (Å²) in [5.74, 6) is -3.90. The second-order valence-corrected chi connectivity index (χ2v) is 8.89. The number of carbonyl (C=O) groups is 4. The van der Waals surface area contributed by atoms with Gasteiger partial charge in [-0.15, -0.1) is 0 Å². The Hall–Kier alpha value is -2.46. The molecular weight excluding hydrogens is 436 g/mol. The van der Waals surface area contributed by atoms with Crippen LogP contribution in [0.5, 0.6) is 0 Å². The number of methoxy groups -OCH3 is 1. The van der Waals surface area contributed by atoms with Gasteiger partial charge >= 0.3 is 23.9 Å². The smallest absolute Gasteiger partial charge is 0.312 e. The van der Waals surface area contributed by atoms with Crippen LogP contribution in [0.2, 0.25) is 0 Å². The molecule has 2 fully saturated rings. The van der Waals surface area contributed by atoms with Crippen molar-refractivity contribution in [3.8, 4) is 0 Å². The number of ether oxygens (including phenoxy) is 5. The van der Waals surface area contributed by atoms with Crippen molar-refractivity contribution in [2.24, 2.45) is 11.8 Å². The topological polar surface area (TPSA) is 135 Å². The molecule has 1 saturated carbocycles. The number of fused-ring (bicyclic) bond motifs is 3. The maximum Gasteiger partial charge on any atom is 0.312 e. The molecule has 0 bridgehead atoms. The van der Waals surface area contributed by atoms with E-state index in [1.165, 1.54) is 21.0 Å². The summed E-state index contributed by atoms with van der Waals surface area (Å²) in [6.07, 6.45) is -4.57. The SMILES string of the molecule is CCCC(=O)O[C@H]1CC(OC(C)=O)C2C(=C(C)[C@H](O)C2OC(C)=O)C2OC(=O)C(C)C21OC. The third kappa shape index (κ3) is 4.14. The zero-order valence-electron chi connectivity index (χ0n) is 19.8. The minimum atomic E-state index is -1.42. The lowest BCUT2D eigenvalue weighted by Gasteiger charge is -2.39. The molecule has 3 rings (SSSR count). The Morgan fingerprint density at radius 3 is 2.33 bits per heavy atom. The van der Waals surface area contributed by atoms with E-state index < -0.39 is 71.8 Å². The van der Waals surface area contributed by atoms with Crippen molar-refractivity contribution in [3.63, 3.8) is 0 Å². The molecule has 1 N–H and O–H groups in total. The fraction of sp³-hybridized carbons (Fsp3) is 0.739. The van der Waals surface area contributed by atoms with Gasteiger partial charge in [0.1, 0.15) is 24.4 Å². The Bertz CT molecular complexity index is 863. The summed E-state index contributed by atoms with van der Waals surface area (Å²) >= 11 is 0. The third-order valence-corrected chi connectivity index (χ3v) is 6.93. The van der Waals surface area contributed by atoms with Gasteiger partial charge in [-0.05, 0) is 31.4 Å². The number of aliphatic hydroxyl groups is 1. The van der Waals surface area contributed by atoms with Crippen LogP contribution in [0, 0.1) is 11.8 Å². The molecule has 0 aromatic heterocycles. The monoisotopic (exact) mass is 468 g/mol. The van der Waals surface area contributed by atoms with E-state index in [4.69, 9.17) is 23.7 Å². The number of esters is 4. The van der Waals surface area contributed by atoms with Crippen LogP contribution in [0.4, 0.5) is 0 Å². The van der Waals surface area contributed by atoms with Gasteiger partial charge in [-0.25, -0.2) is 0 Å². The maximum absolute atomic E-state index is 12.8. The van der Waals surface area contributed by atoms with Crippen molar-refractivity contribution >= 4 is 23.9 Å². The first-order valence-electron chi connectivity index (χ1n) is 11.2. The summed E-state index contributed by atoms with van der Waals surface area (Å²) < 4.78 is 28.6. The lowest BCUT2D eigenvalue weighted by atomic mass is 9.78. The second kappa shape index (κ2) is 9.42. The number of hydrogen-bond acceptors (Lipinski definition) is 10. The molecule has 10 nitrogen and oxygen atoms in total. The molecule has 0 aromatic rings. The summed E-state index contributed by atoms with van der Waals surface area (Å²) in [4.78, 5) is 49.1. The van der Waals surface area contributed by atoms with E-state index in [1.54, 1.807) is 13.8 Å². The van der Waals surface area contributed by atoms with Crippen molar-refractivity contribution in [1.82, 2.24) is 0 Å². The zero-order valence-corrected chi connectivity index (χ0v) is 19.8. The molecule has 0 spiro atoms. The fourth-order valence-corrected chi connectivity index (χ4v) is 5.51. The molecule has 0 aromatic carbocycles. The summed E-state index contributed by atoms with van der Waals surface area (Å²) in [7, 11) is 1.40. The predicted octanol–water partition coefficient (Wildman–Crippen LogP) is 1.22. The van der Waals surface area contributed by atoms with Crippen LogP contribution in [-0.4, -0.2) is 72.2 Å². The van der Waals surface area contributed by atoms with Crippen molar-refractivity contribution in [2.75, 3.05) is 7.11 Å². The average molecular weight is 468 g/mol. The standard InChI is InChI=1S/C23H32O10/c1-7-8-16(26)32-15-9-14(30-12(4)24)18-17(10(2)19(27)20(18)31-13(5)25)21-23(15,29-6)11(3)22(28)33-21/h11,14-15,18-21,27H,7-9H2,1-6H3/t11?,14?,15-,18?,19-,20?,21?,23?/m0/s1. The minimum absolute atomic E-state index is 0.0354. The Labute approximate surface area is 192 Å². The van der Waals surface area contributed by atoms with E-state index in [0.29, 0.717) is 17.6 Å². The summed E-state index contributed by atoms with van der Waals surface area (Å²) in [6.45, 7) is 7.55. The molecule has 1 heterocycles. The lowest BCUT2D eigenvalue weighted by Crippen LogP contribution is -2.56. The molecular formula is C23H32O10. The van der Waals surface area contributed by atoms with Crippen LogP contribution < -0.4 is 0 Å². The van der Waals surface area contributed by atoms with Gasteiger partial charge in [-0.2, -0.15) is 0 Å². The van der Waals surface area contributed by atoms with Crippen LogP contribution >= 0.6 is 0 Å². The summed E-state index contributed by atoms with van der Waals surface area (Å²) in [6, 6.07) is 0. The van der Waals surface area contributed by atoms with Gasteiger partial charge in [-0.3, -0.25) is 19.2 Å². The number of carbonyl (C=O) groups excluding carboxylic acids is 4. The molecule has 2 aliphatic carbocycles. The molecule has 6 unspecified atom stereocenters. The molecule has 1 saturated heterocycles. The summed E-state index contributed by atoms with van der Waals surface area (Å²) in [5.41, 5.74) is -0.541. The van der Waals surface area contributed by atoms with E-state index in [9.17, 15) is 24.3 Å². The van der Waals surface area contributed by atoms with Crippen LogP contribution in [0.3, 0.4) is 0 Å². The van der Waals surface area contributed by atoms with E-state index in [0.717, 1.165) is 0 Å². The zero-order chi connectivity index (χ0) is 24.7. The van der Waals surface area contributed by atoms with Gasteiger partial charge in [0.05, 0.1) is 11.8 Å². The highest BCUT2D eigenvalue weighted by Crippen LogP contribution is 2.54. The fourth-order valence-electron chi connectivity index (χ4n) is 5.51. The Balaban J connectivity index is 2.21. The van der Waals surface area contributed by atoms with Crippen molar-refractivity contribution in [3.05, 3.63) is 11.1 Å². The van der Waals surface area contributed by atoms with Gasteiger partial charge in [0, 0.05) is 33.8 Å². The Morgan fingerprint density at radius 1 is 1.15 bits per heavy atom. The molecule has 184 valence electrons. The quantitative estimate of drug-likeness (QED) is 0.344. The first-order chi connectivity index (χ1) is 15.5. The van der Waals surface area contributed by atoms with Crippen molar-refractivity contribution in [2.45, 2.75) is 90.0 Å². The number of rotatable bonds is 6. The number of hydrogen-bond donors (Lipinski definition) is 1. The van der Waals surface area contributed by atoms with Crippen molar-refractivity contribution in [1.29, 1.82) is 0 Å². The molecule has 1 aliphatic heterocycles. The van der Waals surface area contributed by atoms with Crippen LogP contribution in [0.15, 0.2) is 11.1 Å². The van der Waals surface area contributed by atoms with E-state index in [2.05, 4.69) is 0 Å². The van der Waals surface area contributed by atoms with E-state index in [-0.39, 0.29) is 12.8 Å². The van der Waals surface area contributed by atoms with Crippen LogP contribution in [-0.2, 0) is 42.9 Å². The summed E-state index contributed by atoms with van der Waals surface area (Å²) in [5, 5.41) is 10.9. The van der Waals surface area contributed by atoms with Gasteiger partial charge < -0.3 is 28.8 Å². The molecule has 33 heavy (non-hydrogen) atoms. The number of aliphatic hydroxyl groups excluding tert-OH is 1. The first-order valence-corrected chi connectivity index (χ1v) is 11.2. The normalized spacial score (nSPS) is 37.5. The molecule has 3 aliphatic rings. The Morgan fingerprint density at radius 2 is 1.79 bits per heavy atom. The average Bonchev–Trinajstić information content (AvgIpc) is 3.07. The second-order valence-electron chi connectivity index (χ2n) is 8.89. The van der Waals surface area contributed by atoms with Gasteiger partial charge in [0.15, 0.2) is 11.7 Å². The first kappa shape index (κ1) is 25.2. The molecule has 10 heteroatoms. The van der Waals surface area contributed by atoms with Gasteiger partial charge in [-0.1, -0.05) is 6.92 Å². The van der Waals surface area contributed by atoms with Gasteiger partial charge in [0.25, 0.3) is 0 Å². The molecule has 8 atom stereocenters. The highest BCUT2D eigenvalue weighted by Gasteiger charge is 2.69. The van der Waals surface area contributed by atoms with E-state index >= 15 is 0 Å². The van der Waals surface area contributed by atoms with Gasteiger partial charge in [0.2, 0.25) is 0 Å². The van der Waals surface area contributed by atoms with Crippen molar-refractivity contribution < 1.29 is 48.0 Å². The van der Waals surface area contributed by atoms with E-state index in [1.807, 2.05) is 6.92 Å². The lowest BCUT2D eigenvalue weighted by molar-refractivity contribution is -0.187. The Kier molecular flexibility index (Phi) is 7.18. The molecule has 0 radical (unpaired) electrons. The highest BCUT2D eigenvalue weighted by atomic mass is 16.6. The van der Waals surface area contributed by atoms with Crippen LogP contribution in [0.1, 0.15) is 53.9 Å².